The number of hydrogen-bond acceptors (Lipinski definition) is 7. The molecule has 0 aliphatic carbocycles. The Balaban J connectivity index is 2.27. The predicted molar refractivity (Wildman–Crippen MR) is 223 cm³/mol. The molecule has 1 fully saturated rings. The largest absolute Gasteiger partial charge is 0.498 e. The summed E-state index contributed by atoms with van der Waals surface area (Å²) in [5.74, 6) is -0.357. The van der Waals surface area contributed by atoms with Crippen molar-refractivity contribution in [1.82, 2.24) is 0 Å². The smallest absolute Gasteiger partial charge is 0.472 e. The first-order chi connectivity index (χ1) is 26.1. The lowest BCUT2D eigenvalue weighted by Gasteiger charge is -2.24. The number of rotatable bonds is 39. The van der Waals surface area contributed by atoms with Gasteiger partial charge in [0, 0.05) is 6.42 Å². The average Bonchev–Trinajstić information content (AvgIpc) is 3.88. The summed E-state index contributed by atoms with van der Waals surface area (Å²) in [5.41, 5.74) is 0. The molecule has 316 valence electrons. The summed E-state index contributed by atoms with van der Waals surface area (Å²) in [7, 11) is 1.61. The Morgan fingerprint density at radius 2 is 1.22 bits per heavy atom. The second kappa shape index (κ2) is 33.6. The fourth-order valence-corrected chi connectivity index (χ4v) is 6.85. The maximum Gasteiger partial charge on any atom is 0.472 e. The third-order valence-corrected chi connectivity index (χ3v) is 10.6. The van der Waals surface area contributed by atoms with Crippen molar-refractivity contribution in [2.45, 2.75) is 193 Å². The number of quaternary nitrogens is 1. The minimum atomic E-state index is -4.30. The number of carbonyl (C=O) groups is 1. The van der Waals surface area contributed by atoms with E-state index in [1.165, 1.54) is 89.9 Å². The molecule has 1 rings (SSSR count). The van der Waals surface area contributed by atoms with Crippen LogP contribution in [0, 0.1) is 0 Å². The van der Waals surface area contributed by atoms with Gasteiger partial charge in [0.15, 0.2) is 6.10 Å². The number of likely N-dealkylation sites (N-methyl/N-ethyl adjacent to an activating group) is 1. The van der Waals surface area contributed by atoms with Crippen LogP contribution in [0.15, 0.2) is 36.6 Å². The molecule has 54 heavy (non-hydrogen) atoms. The van der Waals surface area contributed by atoms with E-state index in [2.05, 4.69) is 38.2 Å². The molecule has 0 saturated carbocycles. The monoisotopic (exact) mass is 785 g/mol. The van der Waals surface area contributed by atoms with E-state index in [0.717, 1.165) is 64.2 Å². The standard InChI is InChI=1S/C44H82NO8P/c1-6-8-10-12-14-15-16-17-18-19-20-21-22-23-28-32-37-49-39-41(40-51-54(47,48)50-38-36-45(3,4)5)52-44(46)35-31-27-24-26-30-34-43-42(53-43)33-29-25-13-11-9-7-2/h17-18,25,29,32,37,41-43H,6-16,19-24,26-28,30-31,33-36,38-40H2,1-5H3/p+1/b18-17-,29-25-,37-32+/t41-,42?,43?/m1/s1. The molecule has 0 aromatic rings. The van der Waals surface area contributed by atoms with Crippen LogP contribution in [0.5, 0.6) is 0 Å². The normalized spacial score (nSPS) is 17.8. The van der Waals surface area contributed by atoms with Crippen LogP contribution in [-0.2, 0) is 32.6 Å². The molecule has 9 nitrogen and oxygen atoms in total. The number of epoxide rings is 1. The minimum absolute atomic E-state index is 0.0328. The molecule has 0 bridgehead atoms. The van der Waals surface area contributed by atoms with Crippen LogP contribution in [0.2, 0.25) is 0 Å². The van der Waals surface area contributed by atoms with Gasteiger partial charge in [-0.3, -0.25) is 13.8 Å². The van der Waals surface area contributed by atoms with Gasteiger partial charge < -0.3 is 23.6 Å². The Kier molecular flexibility index (Phi) is 31.5. The van der Waals surface area contributed by atoms with Gasteiger partial charge >= 0.3 is 13.8 Å². The summed E-state index contributed by atoms with van der Waals surface area (Å²) >= 11 is 0. The van der Waals surface area contributed by atoms with Gasteiger partial charge in [-0.25, -0.2) is 4.57 Å². The van der Waals surface area contributed by atoms with E-state index in [4.69, 9.17) is 23.3 Å². The molecule has 1 aliphatic rings. The highest BCUT2D eigenvalue weighted by atomic mass is 31.2. The molecule has 1 N–H and O–H groups in total. The Labute approximate surface area is 331 Å². The van der Waals surface area contributed by atoms with E-state index in [1.807, 2.05) is 27.2 Å². The third-order valence-electron chi connectivity index (χ3n) is 9.66. The van der Waals surface area contributed by atoms with Crippen LogP contribution in [0.25, 0.3) is 0 Å². The zero-order valence-electron chi connectivity index (χ0n) is 35.4. The van der Waals surface area contributed by atoms with Crippen molar-refractivity contribution in [3.8, 4) is 0 Å². The average molecular weight is 785 g/mol. The number of unbranched alkanes of at least 4 members (excludes halogenated alkanes) is 18. The van der Waals surface area contributed by atoms with Crippen molar-refractivity contribution in [2.24, 2.45) is 0 Å². The molecule has 1 heterocycles. The fourth-order valence-electron chi connectivity index (χ4n) is 6.11. The van der Waals surface area contributed by atoms with Crippen LogP contribution in [-0.4, -0.2) is 81.2 Å². The van der Waals surface area contributed by atoms with E-state index < -0.39 is 13.9 Å². The molecule has 0 aromatic heterocycles. The first-order valence-electron chi connectivity index (χ1n) is 21.9. The molecule has 0 radical (unpaired) electrons. The minimum Gasteiger partial charge on any atom is -0.498 e. The van der Waals surface area contributed by atoms with Crippen LogP contribution in [0.1, 0.15) is 174 Å². The highest BCUT2D eigenvalue weighted by Gasteiger charge is 2.36. The summed E-state index contributed by atoms with van der Waals surface area (Å²) in [6, 6.07) is 0. The van der Waals surface area contributed by atoms with Crippen molar-refractivity contribution in [3.63, 3.8) is 0 Å². The Bertz CT molecular complexity index is 1030. The van der Waals surface area contributed by atoms with E-state index in [9.17, 15) is 14.3 Å². The lowest BCUT2D eigenvalue weighted by atomic mass is 10.1. The van der Waals surface area contributed by atoms with Gasteiger partial charge in [0.25, 0.3) is 0 Å². The first kappa shape index (κ1) is 50.5. The molecule has 0 spiro atoms. The van der Waals surface area contributed by atoms with Gasteiger partial charge in [0.2, 0.25) is 0 Å². The van der Waals surface area contributed by atoms with Crippen LogP contribution in [0.3, 0.4) is 0 Å². The fraction of sp³-hybridized carbons (Fsp3) is 0.841. The number of ether oxygens (including phenoxy) is 3. The molecule has 1 saturated heterocycles. The van der Waals surface area contributed by atoms with Gasteiger partial charge in [0.1, 0.15) is 19.8 Å². The first-order valence-corrected chi connectivity index (χ1v) is 23.4. The van der Waals surface area contributed by atoms with Gasteiger partial charge in [-0.05, 0) is 76.7 Å². The second-order valence-electron chi connectivity index (χ2n) is 16.2. The maximum atomic E-state index is 12.7. The summed E-state index contributed by atoms with van der Waals surface area (Å²) in [6.45, 7) is 4.85. The second-order valence-corrected chi connectivity index (χ2v) is 17.6. The lowest BCUT2D eigenvalue weighted by molar-refractivity contribution is -0.870. The number of allylic oxidation sites excluding steroid dienone is 4. The van der Waals surface area contributed by atoms with E-state index in [-0.39, 0.29) is 32.2 Å². The van der Waals surface area contributed by atoms with Crippen molar-refractivity contribution < 1.29 is 42.0 Å². The van der Waals surface area contributed by atoms with Gasteiger partial charge in [-0.2, -0.15) is 0 Å². The summed E-state index contributed by atoms with van der Waals surface area (Å²) < 4.78 is 40.6. The number of phosphoric acid groups is 1. The topological polar surface area (TPSA) is 104 Å². The molecule has 1 aliphatic heterocycles. The number of hydrogen-bond donors (Lipinski definition) is 1. The Morgan fingerprint density at radius 3 is 1.87 bits per heavy atom. The predicted octanol–water partition coefficient (Wildman–Crippen LogP) is 11.9. The van der Waals surface area contributed by atoms with Gasteiger partial charge in [-0.15, -0.1) is 0 Å². The molecular formula is C44H83NO8P+. The number of esters is 1. The molecule has 0 amide bonds. The Morgan fingerprint density at radius 1 is 0.685 bits per heavy atom. The van der Waals surface area contributed by atoms with Gasteiger partial charge in [0.05, 0.1) is 46.2 Å². The number of carbonyl (C=O) groups excluding carboxylic acids is 1. The van der Waals surface area contributed by atoms with E-state index in [0.29, 0.717) is 23.2 Å². The van der Waals surface area contributed by atoms with E-state index in [1.54, 1.807) is 6.26 Å². The maximum absolute atomic E-state index is 12.7. The lowest BCUT2D eigenvalue weighted by Crippen LogP contribution is -2.37. The van der Waals surface area contributed by atoms with E-state index >= 15 is 0 Å². The third kappa shape index (κ3) is 33.8. The number of phosphoric ester groups is 1. The van der Waals surface area contributed by atoms with Gasteiger partial charge in [-0.1, -0.05) is 122 Å². The number of nitrogens with zero attached hydrogens (tertiary/aromatic N) is 1. The summed E-state index contributed by atoms with van der Waals surface area (Å²) in [5, 5.41) is 0. The summed E-state index contributed by atoms with van der Waals surface area (Å²) in [6.07, 6.45) is 41.4. The quantitative estimate of drug-likeness (QED) is 0.0125. The van der Waals surface area contributed by atoms with Crippen molar-refractivity contribution in [2.75, 3.05) is 47.5 Å². The molecular weight excluding hydrogens is 701 g/mol. The van der Waals surface area contributed by atoms with Crippen LogP contribution < -0.4 is 0 Å². The highest BCUT2D eigenvalue weighted by molar-refractivity contribution is 7.47. The zero-order chi connectivity index (χ0) is 39.6. The van der Waals surface area contributed by atoms with Crippen LogP contribution in [0.4, 0.5) is 0 Å². The van der Waals surface area contributed by atoms with Crippen LogP contribution >= 0.6 is 7.82 Å². The van der Waals surface area contributed by atoms with Crippen molar-refractivity contribution in [1.29, 1.82) is 0 Å². The zero-order valence-corrected chi connectivity index (χ0v) is 36.3. The molecule has 10 heteroatoms. The van der Waals surface area contributed by atoms with Crippen molar-refractivity contribution in [3.05, 3.63) is 36.6 Å². The Hall–Kier alpha value is -1.48. The molecule has 4 atom stereocenters. The SMILES string of the molecule is CCCCC/C=C\CC1OC1CCCCCCCC(=O)O[C@H](CO/C=C/CCCCCC/C=C\CCCCCCCC)COP(=O)(O)OCC[N+](C)(C)C. The molecule has 0 aromatic carbocycles. The highest BCUT2D eigenvalue weighted by Crippen LogP contribution is 2.43. The van der Waals surface area contributed by atoms with Crippen molar-refractivity contribution >= 4 is 13.8 Å². The molecule has 3 unspecified atom stereocenters. The summed E-state index contributed by atoms with van der Waals surface area (Å²) in [4.78, 5) is 22.9.